The van der Waals surface area contributed by atoms with E-state index in [4.69, 9.17) is 0 Å². The summed E-state index contributed by atoms with van der Waals surface area (Å²) >= 11 is 0. The van der Waals surface area contributed by atoms with E-state index in [0.29, 0.717) is 0 Å². The molecule has 0 aliphatic rings. The second-order valence-electron chi connectivity index (χ2n) is 4.62. The van der Waals surface area contributed by atoms with Crippen molar-refractivity contribution >= 4 is 5.78 Å². The first-order valence-corrected chi connectivity index (χ1v) is 6.33. The maximum Gasteiger partial charge on any atom is 0.140 e. The molecule has 0 radical (unpaired) electrons. The van der Waals surface area contributed by atoms with Gasteiger partial charge in [-0.05, 0) is 32.3 Å². The highest BCUT2D eigenvalue weighted by atomic mass is 16.1. The smallest absolute Gasteiger partial charge is 0.140 e. The predicted molar refractivity (Wildman–Crippen MR) is 73.0 cm³/mol. The lowest BCUT2D eigenvalue weighted by atomic mass is 9.74. The summed E-state index contributed by atoms with van der Waals surface area (Å²) in [5.41, 5.74) is 0.916. The predicted octanol–water partition coefficient (Wildman–Crippen LogP) is 4.18. The Labute approximate surface area is 105 Å². The van der Waals surface area contributed by atoms with E-state index < -0.39 is 0 Å². The summed E-state index contributed by atoms with van der Waals surface area (Å²) in [6, 6.07) is 10.3. The molecule has 1 unspecified atom stereocenters. The van der Waals surface area contributed by atoms with Crippen LogP contribution < -0.4 is 0 Å². The molecule has 0 spiro atoms. The average Bonchev–Trinajstić information content (AvgIpc) is 2.30. The highest BCUT2D eigenvalue weighted by Crippen LogP contribution is 2.31. The summed E-state index contributed by atoms with van der Waals surface area (Å²) in [7, 11) is 0. The van der Waals surface area contributed by atoms with Crippen molar-refractivity contribution in [2.75, 3.05) is 0 Å². The molecule has 0 heterocycles. The standard InChI is InChI=1S/C16H22O/c1-4-11-16(12-5-2,14(3)17)13-15-9-7-6-8-10-15/h4,6-11H,5,12-13H2,1-3H3. The molecule has 0 bridgehead atoms. The molecule has 17 heavy (non-hydrogen) atoms. The van der Waals surface area contributed by atoms with Crippen LogP contribution in [0.3, 0.4) is 0 Å². The molecule has 1 nitrogen and oxygen atoms in total. The monoisotopic (exact) mass is 230 g/mol. The molecule has 92 valence electrons. The van der Waals surface area contributed by atoms with Gasteiger partial charge in [-0.1, -0.05) is 55.8 Å². The quantitative estimate of drug-likeness (QED) is 0.670. The zero-order valence-electron chi connectivity index (χ0n) is 11.1. The molecule has 0 saturated heterocycles. The summed E-state index contributed by atoms with van der Waals surface area (Å²) in [5, 5.41) is 0. The Bertz CT molecular complexity index is 378. The SMILES string of the molecule is CC=CC(CCC)(Cc1ccccc1)C(C)=O. The van der Waals surface area contributed by atoms with Crippen molar-refractivity contribution in [2.24, 2.45) is 5.41 Å². The fourth-order valence-electron chi connectivity index (χ4n) is 2.37. The van der Waals surface area contributed by atoms with Crippen molar-refractivity contribution in [1.82, 2.24) is 0 Å². The number of hydrogen-bond acceptors (Lipinski definition) is 1. The van der Waals surface area contributed by atoms with Gasteiger partial charge < -0.3 is 0 Å². The molecule has 1 atom stereocenters. The molecule has 1 aromatic rings. The lowest BCUT2D eigenvalue weighted by molar-refractivity contribution is -0.124. The van der Waals surface area contributed by atoms with Crippen molar-refractivity contribution in [2.45, 2.75) is 40.0 Å². The van der Waals surface area contributed by atoms with Crippen molar-refractivity contribution in [3.05, 3.63) is 48.0 Å². The van der Waals surface area contributed by atoms with Gasteiger partial charge in [0.05, 0.1) is 5.41 Å². The fourth-order valence-corrected chi connectivity index (χ4v) is 2.37. The van der Waals surface area contributed by atoms with Gasteiger partial charge in [0, 0.05) is 0 Å². The first-order chi connectivity index (χ1) is 8.14. The summed E-state index contributed by atoms with van der Waals surface area (Å²) in [6.07, 6.45) is 6.82. The van der Waals surface area contributed by atoms with Crippen LogP contribution in [0.4, 0.5) is 0 Å². The van der Waals surface area contributed by atoms with Gasteiger partial charge >= 0.3 is 0 Å². The molecule has 0 aromatic heterocycles. The Morgan fingerprint density at radius 2 is 1.94 bits per heavy atom. The van der Waals surface area contributed by atoms with Crippen LogP contribution in [0.2, 0.25) is 0 Å². The summed E-state index contributed by atoms with van der Waals surface area (Å²) in [6.45, 7) is 5.82. The number of rotatable bonds is 6. The fraction of sp³-hybridized carbons (Fsp3) is 0.438. The van der Waals surface area contributed by atoms with Gasteiger partial charge in [0.15, 0.2) is 0 Å². The zero-order valence-corrected chi connectivity index (χ0v) is 11.1. The second kappa shape index (κ2) is 6.39. The van der Waals surface area contributed by atoms with E-state index >= 15 is 0 Å². The lowest BCUT2D eigenvalue weighted by Crippen LogP contribution is -2.29. The van der Waals surface area contributed by atoms with Crippen LogP contribution in [-0.4, -0.2) is 5.78 Å². The molecular weight excluding hydrogens is 208 g/mol. The van der Waals surface area contributed by atoms with E-state index in [-0.39, 0.29) is 11.2 Å². The topological polar surface area (TPSA) is 17.1 Å². The molecule has 0 saturated carbocycles. The summed E-state index contributed by atoms with van der Waals surface area (Å²) < 4.78 is 0. The maximum atomic E-state index is 12.0. The Kier molecular flexibility index (Phi) is 5.14. The molecule has 0 fully saturated rings. The second-order valence-corrected chi connectivity index (χ2v) is 4.62. The molecular formula is C16H22O. The number of carbonyl (C=O) groups is 1. The third kappa shape index (κ3) is 3.55. The Morgan fingerprint density at radius 3 is 2.41 bits per heavy atom. The number of ketones is 1. The van der Waals surface area contributed by atoms with Gasteiger partial charge in [-0.15, -0.1) is 0 Å². The van der Waals surface area contributed by atoms with Crippen LogP contribution in [-0.2, 0) is 11.2 Å². The molecule has 1 rings (SSSR count). The normalized spacial score (nSPS) is 14.8. The first-order valence-electron chi connectivity index (χ1n) is 6.33. The number of Topliss-reactive ketones (excluding diaryl/α,β-unsaturated/α-hetero) is 1. The number of carbonyl (C=O) groups excluding carboxylic acids is 1. The minimum atomic E-state index is -0.315. The zero-order chi connectivity index (χ0) is 12.7. The van der Waals surface area contributed by atoms with Gasteiger partial charge in [0.25, 0.3) is 0 Å². The summed E-state index contributed by atoms with van der Waals surface area (Å²) in [5.74, 6) is 0.265. The third-order valence-corrected chi connectivity index (χ3v) is 3.25. The number of benzene rings is 1. The third-order valence-electron chi connectivity index (χ3n) is 3.25. The molecule has 0 amide bonds. The van der Waals surface area contributed by atoms with Crippen LogP contribution in [0, 0.1) is 5.41 Å². The lowest BCUT2D eigenvalue weighted by Gasteiger charge is -2.28. The Hall–Kier alpha value is -1.37. The van der Waals surface area contributed by atoms with E-state index in [1.165, 1.54) is 5.56 Å². The molecule has 0 N–H and O–H groups in total. The molecule has 0 aliphatic carbocycles. The van der Waals surface area contributed by atoms with Crippen molar-refractivity contribution in [1.29, 1.82) is 0 Å². The van der Waals surface area contributed by atoms with E-state index in [9.17, 15) is 4.79 Å². The first kappa shape index (κ1) is 13.7. The highest BCUT2D eigenvalue weighted by molar-refractivity contribution is 5.84. The maximum absolute atomic E-state index is 12.0. The van der Waals surface area contributed by atoms with Gasteiger partial charge in [0.2, 0.25) is 0 Å². The van der Waals surface area contributed by atoms with Crippen LogP contribution in [0.5, 0.6) is 0 Å². The van der Waals surface area contributed by atoms with Crippen LogP contribution in [0.25, 0.3) is 0 Å². The van der Waals surface area contributed by atoms with Crippen molar-refractivity contribution in [3.63, 3.8) is 0 Å². The molecule has 1 heteroatoms. The highest BCUT2D eigenvalue weighted by Gasteiger charge is 2.31. The minimum Gasteiger partial charge on any atom is -0.299 e. The van der Waals surface area contributed by atoms with E-state index in [2.05, 4.69) is 25.1 Å². The largest absolute Gasteiger partial charge is 0.299 e. The van der Waals surface area contributed by atoms with E-state index in [1.807, 2.05) is 31.2 Å². The molecule has 1 aromatic carbocycles. The Morgan fingerprint density at radius 1 is 1.29 bits per heavy atom. The van der Waals surface area contributed by atoms with Gasteiger partial charge in [-0.2, -0.15) is 0 Å². The van der Waals surface area contributed by atoms with Crippen molar-refractivity contribution < 1.29 is 4.79 Å². The minimum absolute atomic E-state index is 0.265. The van der Waals surface area contributed by atoms with Crippen LogP contribution in [0.1, 0.15) is 39.2 Å². The average molecular weight is 230 g/mol. The number of hydrogen-bond donors (Lipinski definition) is 0. The summed E-state index contributed by atoms with van der Waals surface area (Å²) in [4.78, 5) is 12.0. The van der Waals surface area contributed by atoms with Crippen molar-refractivity contribution in [3.8, 4) is 0 Å². The van der Waals surface area contributed by atoms with E-state index in [1.54, 1.807) is 6.92 Å². The van der Waals surface area contributed by atoms with Gasteiger partial charge in [-0.25, -0.2) is 0 Å². The van der Waals surface area contributed by atoms with Gasteiger partial charge in [-0.3, -0.25) is 4.79 Å². The Balaban J connectivity index is 3.01. The van der Waals surface area contributed by atoms with Crippen LogP contribution in [0.15, 0.2) is 42.5 Å². The van der Waals surface area contributed by atoms with Crippen LogP contribution >= 0.6 is 0 Å². The van der Waals surface area contributed by atoms with Gasteiger partial charge in [0.1, 0.15) is 5.78 Å². The van der Waals surface area contributed by atoms with E-state index in [0.717, 1.165) is 19.3 Å². The molecule has 0 aliphatic heterocycles. The number of allylic oxidation sites excluding steroid dienone is 2.